The van der Waals surface area contributed by atoms with Crippen molar-refractivity contribution in [3.63, 3.8) is 0 Å². The van der Waals surface area contributed by atoms with Crippen LogP contribution in [0.5, 0.6) is 0 Å². The second-order valence-corrected chi connectivity index (χ2v) is 12.9. The molecular weight excluding hydrogens is 512 g/mol. The lowest BCUT2D eigenvalue weighted by atomic mass is 9.52. The first kappa shape index (κ1) is 31.6. The van der Waals surface area contributed by atoms with E-state index in [2.05, 4.69) is 20.8 Å². The minimum Gasteiger partial charge on any atom is -0.459 e. The number of aliphatic hydroxyl groups is 2. The zero-order chi connectivity index (χ0) is 29.5. The Morgan fingerprint density at radius 1 is 1.20 bits per heavy atom. The van der Waals surface area contributed by atoms with Crippen molar-refractivity contribution >= 4 is 5.97 Å². The molecule has 1 unspecified atom stereocenters. The van der Waals surface area contributed by atoms with Gasteiger partial charge in [0, 0.05) is 32.2 Å². The number of epoxide rings is 1. The number of methoxy groups -OCH3 is 2. The highest BCUT2D eigenvalue weighted by atomic mass is 16.8. The molecule has 2 N–H and O–H groups in total. The molecule has 3 fully saturated rings. The monoisotopic (exact) mass is 564 g/mol. The molecule has 8 nitrogen and oxygen atoms in total. The maximum absolute atomic E-state index is 13.5. The second kappa shape index (κ2) is 12.1. The molecule has 0 aromatic carbocycles. The van der Waals surface area contributed by atoms with Crippen molar-refractivity contribution in [2.24, 2.45) is 23.2 Å². The summed E-state index contributed by atoms with van der Waals surface area (Å²) in [7, 11) is 3.26. The summed E-state index contributed by atoms with van der Waals surface area (Å²) in [5.74, 6) is -1.96. The molecule has 4 aliphatic rings. The molecule has 2 saturated carbocycles. The molecule has 1 spiro atoms. The number of fused-ring (bicyclic) bond motifs is 2. The number of esters is 1. The molecule has 0 aromatic heterocycles. The quantitative estimate of drug-likeness (QED) is 0.138. The van der Waals surface area contributed by atoms with E-state index in [9.17, 15) is 15.0 Å². The summed E-state index contributed by atoms with van der Waals surface area (Å²) in [4.78, 5) is 13.5. The number of ether oxygens (including phenoxy) is 5. The fourth-order valence-corrected chi connectivity index (χ4v) is 7.74. The molecule has 8 heteroatoms. The average molecular weight is 565 g/mol. The number of unbranched alkanes of at least 4 members (excludes halogenated alkanes) is 3. The van der Waals surface area contributed by atoms with Crippen LogP contribution in [-0.4, -0.2) is 73.0 Å². The van der Waals surface area contributed by atoms with Crippen molar-refractivity contribution in [1.82, 2.24) is 0 Å². The molecule has 0 radical (unpaired) electrons. The van der Waals surface area contributed by atoms with E-state index in [1.807, 2.05) is 19.9 Å². The Bertz CT molecular complexity index is 991. The predicted octanol–water partition coefficient (Wildman–Crippen LogP) is 5.06. The van der Waals surface area contributed by atoms with Gasteiger partial charge >= 0.3 is 5.97 Å². The zero-order valence-electron chi connectivity index (χ0n) is 25.8. The van der Waals surface area contributed by atoms with Gasteiger partial charge in [-0.1, -0.05) is 52.5 Å². The van der Waals surface area contributed by atoms with Crippen molar-refractivity contribution < 1.29 is 38.7 Å². The minimum atomic E-state index is -1.06. The molecule has 228 valence electrons. The molecule has 2 heterocycles. The largest absolute Gasteiger partial charge is 0.459 e. The Morgan fingerprint density at radius 2 is 1.93 bits per heavy atom. The van der Waals surface area contributed by atoms with Gasteiger partial charge in [-0.2, -0.15) is 0 Å². The highest BCUT2D eigenvalue weighted by Crippen LogP contribution is 2.72. The molecule has 10 atom stereocenters. The Kier molecular flexibility index (Phi) is 9.60. The van der Waals surface area contributed by atoms with Crippen LogP contribution >= 0.6 is 0 Å². The van der Waals surface area contributed by atoms with Gasteiger partial charge in [0.1, 0.15) is 17.8 Å². The van der Waals surface area contributed by atoms with Crippen LogP contribution in [0.2, 0.25) is 0 Å². The first-order chi connectivity index (χ1) is 19.0. The van der Waals surface area contributed by atoms with E-state index >= 15 is 0 Å². The fourth-order valence-electron chi connectivity index (χ4n) is 7.74. The molecule has 4 rings (SSSR count). The number of aliphatic hydroxyl groups excluding tert-OH is 2. The van der Waals surface area contributed by atoms with Crippen LogP contribution in [0.3, 0.4) is 0 Å². The summed E-state index contributed by atoms with van der Waals surface area (Å²) in [5.41, 5.74) is 1.75. The lowest BCUT2D eigenvalue weighted by molar-refractivity contribution is -0.264. The van der Waals surface area contributed by atoms with Gasteiger partial charge in [0.05, 0.1) is 12.0 Å². The lowest BCUT2D eigenvalue weighted by Crippen LogP contribution is -2.63. The summed E-state index contributed by atoms with van der Waals surface area (Å²) in [6, 6.07) is 0. The normalized spacial score (nSPS) is 39.2. The standard InChI is InChI=1S/C32H52O8/c1-9-10-11-12-13-23(18-33)16-19(2)26(34)22(5)27(35)38-25-15-14-20(3)30(6)17-24-21(4)28(36-7)39-32(24,37-8)29-31(25,30)40-29/h16,20,22-23,25-26,28-29,33-34H,9-15,17-18H2,1-8H3/b19-16+/t20-,22+,23?,25+,26+,28-,29-,30+,31+,32-/m0/s1. The number of carbonyl (C=O) groups is 1. The third kappa shape index (κ3) is 5.01. The van der Waals surface area contributed by atoms with Crippen LogP contribution < -0.4 is 0 Å². The van der Waals surface area contributed by atoms with Crippen LogP contribution in [0.15, 0.2) is 22.8 Å². The number of rotatable bonds is 13. The van der Waals surface area contributed by atoms with Crippen molar-refractivity contribution in [3.8, 4) is 0 Å². The fraction of sp³-hybridized carbons (Fsp3) is 0.844. The van der Waals surface area contributed by atoms with Crippen molar-refractivity contribution in [2.75, 3.05) is 20.8 Å². The molecule has 2 aliphatic heterocycles. The van der Waals surface area contributed by atoms with E-state index in [-0.39, 0.29) is 17.9 Å². The molecule has 1 saturated heterocycles. The topological polar surface area (TPSA) is 107 Å². The van der Waals surface area contributed by atoms with Crippen LogP contribution in [-0.2, 0) is 28.5 Å². The zero-order valence-corrected chi connectivity index (χ0v) is 25.8. The summed E-state index contributed by atoms with van der Waals surface area (Å²) >= 11 is 0. The van der Waals surface area contributed by atoms with Gasteiger partial charge in [-0.05, 0) is 69.1 Å². The van der Waals surface area contributed by atoms with Crippen LogP contribution in [0.4, 0.5) is 0 Å². The molecule has 2 aliphatic carbocycles. The molecule has 40 heavy (non-hydrogen) atoms. The summed E-state index contributed by atoms with van der Waals surface area (Å²) in [6.45, 7) is 12.2. The van der Waals surface area contributed by atoms with Gasteiger partial charge in [-0.15, -0.1) is 0 Å². The first-order valence-electron chi connectivity index (χ1n) is 15.3. The van der Waals surface area contributed by atoms with Crippen molar-refractivity contribution in [2.45, 2.75) is 129 Å². The summed E-state index contributed by atoms with van der Waals surface area (Å²) in [5, 5.41) is 20.9. The van der Waals surface area contributed by atoms with Gasteiger partial charge in [0.15, 0.2) is 6.29 Å². The Labute approximate surface area is 240 Å². The van der Waals surface area contributed by atoms with Crippen molar-refractivity contribution in [1.29, 1.82) is 0 Å². The molecule has 0 bridgehead atoms. The van der Waals surface area contributed by atoms with Crippen LogP contribution in [0, 0.1) is 23.2 Å². The van der Waals surface area contributed by atoms with E-state index in [4.69, 9.17) is 23.7 Å². The first-order valence-corrected chi connectivity index (χ1v) is 15.3. The number of carbonyl (C=O) groups excluding carboxylic acids is 1. The maximum atomic E-state index is 13.5. The van der Waals surface area contributed by atoms with E-state index in [1.165, 1.54) is 6.42 Å². The SMILES string of the molecule is CCCCCCC(/C=C(\C)[C@@H](O)[C@@H](C)C(=O)O[C@@H]1CC[C@H](C)[C@@]2(C)CC3=C(C)[C@@H](OC)O[C@]3(OC)[C@H]3O[C@@]312)CO. The minimum absolute atomic E-state index is 0.0261. The molecular formula is C32H52O8. The van der Waals surface area contributed by atoms with Crippen LogP contribution in [0.25, 0.3) is 0 Å². The summed E-state index contributed by atoms with van der Waals surface area (Å²) < 4.78 is 30.8. The Hall–Kier alpha value is -1.29. The molecule has 0 amide bonds. The van der Waals surface area contributed by atoms with Crippen LogP contribution in [0.1, 0.15) is 92.9 Å². The van der Waals surface area contributed by atoms with Gasteiger partial charge in [0.2, 0.25) is 5.79 Å². The predicted molar refractivity (Wildman–Crippen MR) is 151 cm³/mol. The third-order valence-corrected chi connectivity index (χ3v) is 10.6. The Morgan fingerprint density at radius 3 is 2.55 bits per heavy atom. The molecule has 0 aromatic rings. The van der Waals surface area contributed by atoms with Crippen molar-refractivity contribution in [3.05, 3.63) is 22.8 Å². The van der Waals surface area contributed by atoms with E-state index in [0.29, 0.717) is 24.3 Å². The number of hydrogen-bond donors (Lipinski definition) is 2. The third-order valence-electron chi connectivity index (χ3n) is 10.6. The highest BCUT2D eigenvalue weighted by Gasteiger charge is 2.85. The Balaban J connectivity index is 1.50. The lowest BCUT2D eigenvalue weighted by Gasteiger charge is -2.53. The maximum Gasteiger partial charge on any atom is 0.312 e. The summed E-state index contributed by atoms with van der Waals surface area (Å²) in [6.07, 6.45) is 7.18. The van der Waals surface area contributed by atoms with E-state index < -0.39 is 47.9 Å². The van der Waals surface area contributed by atoms with Gasteiger partial charge in [-0.25, -0.2) is 0 Å². The van der Waals surface area contributed by atoms with Gasteiger partial charge < -0.3 is 33.9 Å². The second-order valence-electron chi connectivity index (χ2n) is 12.9. The van der Waals surface area contributed by atoms with Gasteiger partial charge in [-0.3, -0.25) is 4.79 Å². The number of hydrogen-bond acceptors (Lipinski definition) is 8. The average Bonchev–Trinajstić information content (AvgIpc) is 3.66. The smallest absolute Gasteiger partial charge is 0.312 e. The van der Waals surface area contributed by atoms with E-state index in [1.54, 1.807) is 21.1 Å². The van der Waals surface area contributed by atoms with E-state index in [0.717, 1.165) is 43.3 Å². The highest BCUT2D eigenvalue weighted by molar-refractivity contribution is 5.73. The van der Waals surface area contributed by atoms with Gasteiger partial charge in [0.25, 0.3) is 0 Å².